The van der Waals surface area contributed by atoms with E-state index >= 15 is 0 Å². The minimum absolute atomic E-state index is 0.0505. The van der Waals surface area contributed by atoms with Gasteiger partial charge >= 0.3 is 5.97 Å². The average Bonchev–Trinajstić information content (AvgIpc) is 2.87. The summed E-state index contributed by atoms with van der Waals surface area (Å²) < 4.78 is 22.8. The summed E-state index contributed by atoms with van der Waals surface area (Å²) in [5.74, 6) is 5.47. The van der Waals surface area contributed by atoms with E-state index in [4.69, 9.17) is 5.11 Å². The molecule has 1 amide bonds. The van der Waals surface area contributed by atoms with Gasteiger partial charge in [0.05, 0.1) is 6.42 Å². The second-order valence-corrected chi connectivity index (χ2v) is 10.2. The Labute approximate surface area is 220 Å². The monoisotopic (exact) mass is 524 g/mol. The van der Waals surface area contributed by atoms with Crippen molar-refractivity contribution < 1.29 is 23.5 Å². The highest BCUT2D eigenvalue weighted by Crippen LogP contribution is 2.28. The summed E-state index contributed by atoms with van der Waals surface area (Å²) >= 11 is -2.29. The van der Waals surface area contributed by atoms with Crippen LogP contribution in [0.2, 0.25) is 0 Å². The number of benzene rings is 2. The Morgan fingerprint density at radius 2 is 1.68 bits per heavy atom. The smallest absolute Gasteiger partial charge is 0.305 e. The molecule has 0 saturated carbocycles. The van der Waals surface area contributed by atoms with Gasteiger partial charge in [0, 0.05) is 68.2 Å². The zero-order chi connectivity index (χ0) is 26.5. The Kier molecular flexibility index (Phi) is 8.61. The molecule has 37 heavy (non-hydrogen) atoms. The van der Waals surface area contributed by atoms with Crippen molar-refractivity contribution in [3.05, 3.63) is 59.2 Å². The van der Waals surface area contributed by atoms with Crippen molar-refractivity contribution >= 4 is 34.5 Å². The molecular weight excluding hydrogens is 492 g/mol. The number of amides is 1. The van der Waals surface area contributed by atoms with E-state index in [2.05, 4.69) is 22.8 Å². The van der Waals surface area contributed by atoms with Crippen LogP contribution in [0.1, 0.15) is 43.4 Å². The second-order valence-electron chi connectivity index (χ2n) is 9.34. The first kappa shape index (κ1) is 26.8. The summed E-state index contributed by atoms with van der Waals surface area (Å²) in [6, 6.07) is 13.4. The topological polar surface area (TPSA) is 105 Å². The molecule has 1 fully saturated rings. The van der Waals surface area contributed by atoms with Crippen LogP contribution in [0.5, 0.6) is 0 Å². The van der Waals surface area contributed by atoms with Gasteiger partial charge in [-0.25, -0.2) is 9.22 Å². The highest BCUT2D eigenvalue weighted by Gasteiger charge is 2.30. The molecule has 2 aromatic rings. The number of aliphatic carboxylic acids is 1. The van der Waals surface area contributed by atoms with Crippen molar-refractivity contribution in [2.45, 2.75) is 39.2 Å². The number of carbonyl (C=O) groups is 2. The van der Waals surface area contributed by atoms with Gasteiger partial charge in [0.1, 0.15) is 0 Å². The van der Waals surface area contributed by atoms with Crippen LogP contribution >= 0.6 is 0 Å². The average molecular weight is 525 g/mol. The number of hydrogen-bond acceptors (Lipinski definition) is 5. The van der Waals surface area contributed by atoms with Crippen molar-refractivity contribution in [3.63, 3.8) is 0 Å². The van der Waals surface area contributed by atoms with Gasteiger partial charge in [-0.2, -0.15) is 0 Å². The van der Waals surface area contributed by atoms with Crippen LogP contribution in [-0.2, 0) is 27.3 Å². The number of carbonyl (C=O) groups excluding carboxylic acids is 1. The third-order valence-corrected chi connectivity index (χ3v) is 7.62. The van der Waals surface area contributed by atoms with Crippen molar-refractivity contribution in [3.8, 4) is 11.8 Å². The predicted molar refractivity (Wildman–Crippen MR) is 143 cm³/mol. The Bertz CT molecular complexity index is 1230. The maximum atomic E-state index is 12.0. The molecule has 10 heteroatoms. The minimum atomic E-state index is -2.29. The largest absolute Gasteiger partial charge is 0.481 e. The van der Waals surface area contributed by atoms with Crippen LogP contribution in [0.15, 0.2) is 42.5 Å². The minimum Gasteiger partial charge on any atom is -0.481 e. The van der Waals surface area contributed by atoms with Gasteiger partial charge in [-0.05, 0) is 61.7 Å². The fourth-order valence-corrected chi connectivity index (χ4v) is 5.64. The molecule has 196 valence electrons. The van der Waals surface area contributed by atoms with Crippen LogP contribution in [0.25, 0.3) is 0 Å². The highest BCUT2D eigenvalue weighted by molar-refractivity contribution is 7.76. The van der Waals surface area contributed by atoms with Crippen molar-refractivity contribution in [1.82, 2.24) is 9.42 Å². The lowest BCUT2D eigenvalue weighted by Gasteiger charge is -2.41. The van der Waals surface area contributed by atoms with E-state index in [0.717, 1.165) is 41.9 Å². The molecule has 9 nitrogen and oxygen atoms in total. The van der Waals surface area contributed by atoms with Crippen molar-refractivity contribution in [2.24, 2.45) is 0 Å². The highest BCUT2D eigenvalue weighted by atomic mass is 32.2. The van der Waals surface area contributed by atoms with Gasteiger partial charge in [0.25, 0.3) is 0 Å². The van der Waals surface area contributed by atoms with Gasteiger partial charge in [0.2, 0.25) is 17.2 Å². The third kappa shape index (κ3) is 6.56. The van der Waals surface area contributed by atoms with Gasteiger partial charge in [-0.15, -0.1) is 4.41 Å². The molecule has 0 spiro atoms. The number of aryl methyl sites for hydroxylation is 1. The molecule has 0 bridgehead atoms. The number of anilines is 2. The fourth-order valence-electron chi connectivity index (χ4n) is 4.89. The van der Waals surface area contributed by atoms with Gasteiger partial charge in [-0.3, -0.25) is 14.1 Å². The van der Waals surface area contributed by atoms with Crippen molar-refractivity contribution in [1.29, 1.82) is 0 Å². The number of carboxylic acids is 1. The number of rotatable bonds is 6. The molecule has 2 atom stereocenters. The number of piperazine rings is 1. The van der Waals surface area contributed by atoms with Crippen LogP contribution in [0, 0.1) is 11.8 Å². The number of hydrazine groups is 1. The van der Waals surface area contributed by atoms with Gasteiger partial charge < -0.3 is 14.9 Å². The molecule has 0 aliphatic carbocycles. The molecule has 0 radical (unpaired) electrons. The third-order valence-electron chi connectivity index (χ3n) is 6.71. The first-order valence-corrected chi connectivity index (χ1v) is 13.4. The fraction of sp³-hybridized carbons (Fsp3) is 0.407. The summed E-state index contributed by atoms with van der Waals surface area (Å²) in [5.41, 5.74) is 4.93. The molecule has 2 heterocycles. The summed E-state index contributed by atoms with van der Waals surface area (Å²) in [6.45, 7) is 6.27. The molecule has 2 unspecified atom stereocenters. The van der Waals surface area contributed by atoms with Crippen molar-refractivity contribution in [2.75, 3.05) is 42.5 Å². The second kappa shape index (κ2) is 11.9. The molecule has 4 rings (SSSR count). The Morgan fingerprint density at radius 3 is 2.30 bits per heavy atom. The van der Waals surface area contributed by atoms with Crippen LogP contribution in [-0.4, -0.2) is 73.9 Å². The first-order chi connectivity index (χ1) is 17.7. The van der Waals surface area contributed by atoms with E-state index in [9.17, 15) is 18.4 Å². The van der Waals surface area contributed by atoms with E-state index in [1.54, 1.807) is 18.9 Å². The van der Waals surface area contributed by atoms with Gasteiger partial charge in [-0.1, -0.05) is 17.9 Å². The predicted octanol–water partition coefficient (Wildman–Crippen LogP) is 2.72. The maximum absolute atomic E-state index is 12.0. The first-order valence-electron chi connectivity index (χ1n) is 12.4. The molecule has 2 aliphatic heterocycles. The summed E-state index contributed by atoms with van der Waals surface area (Å²) in [4.78, 5) is 27.1. The molecule has 2 aromatic carbocycles. The number of nitrogens with zero attached hydrogens (tertiary/aromatic N) is 4. The summed E-state index contributed by atoms with van der Waals surface area (Å²) in [6.07, 6.45) is 1.73. The van der Waals surface area contributed by atoms with Gasteiger partial charge in [0.15, 0.2) is 0 Å². The molecule has 1 saturated heterocycles. The standard InChI is InChI=1S/C27H32N4O5S/c1-20(18-27(33)34)31(37(35)36)29-16-14-28(15-17-29)25-11-8-22(9-12-25)5-6-23-7-10-24-4-3-13-30(21(2)32)26(24)19-23/h7-12,19-20H,3-4,13-18H2,1-2H3,(H,33,34)(H,35,36). The Balaban J connectivity index is 1.39. The lowest BCUT2D eigenvalue weighted by Crippen LogP contribution is -2.57. The molecule has 2 aliphatic rings. The SMILES string of the molecule is CC(=O)N1CCCc2ccc(C#Cc3ccc(N4CCN(N(C(C)CC(=O)O)S(=O)O)CC4)cc3)cc21. The Hall–Kier alpha value is -3.23. The van der Waals surface area contributed by atoms with Crippen LogP contribution in [0.3, 0.4) is 0 Å². The van der Waals surface area contributed by atoms with Crippen LogP contribution < -0.4 is 9.80 Å². The lowest BCUT2D eigenvalue weighted by molar-refractivity contribution is -0.139. The zero-order valence-electron chi connectivity index (χ0n) is 21.1. The Morgan fingerprint density at radius 1 is 1.03 bits per heavy atom. The zero-order valence-corrected chi connectivity index (χ0v) is 21.9. The van der Waals surface area contributed by atoms with E-state index in [1.807, 2.05) is 41.3 Å². The van der Waals surface area contributed by atoms with E-state index in [0.29, 0.717) is 26.2 Å². The molecule has 0 aromatic heterocycles. The normalized spacial score (nSPS) is 17.5. The van der Waals surface area contributed by atoms with Crippen LogP contribution in [0.4, 0.5) is 11.4 Å². The quantitative estimate of drug-likeness (QED) is 0.442. The lowest BCUT2D eigenvalue weighted by atomic mass is 9.99. The number of fused-ring (bicyclic) bond motifs is 1. The van der Waals surface area contributed by atoms with E-state index in [-0.39, 0.29) is 12.3 Å². The molecule has 2 N–H and O–H groups in total. The van der Waals surface area contributed by atoms with E-state index in [1.165, 1.54) is 9.98 Å². The number of carboxylic acid groups (broad SMARTS) is 1. The molecular formula is C27H32N4O5S. The maximum Gasteiger partial charge on any atom is 0.305 e. The number of hydrogen-bond donors (Lipinski definition) is 2. The van der Waals surface area contributed by atoms with E-state index < -0.39 is 23.3 Å². The summed E-state index contributed by atoms with van der Waals surface area (Å²) in [7, 11) is 0. The summed E-state index contributed by atoms with van der Waals surface area (Å²) in [5, 5.41) is 10.8.